The van der Waals surface area contributed by atoms with Gasteiger partial charge in [0.15, 0.2) is 5.13 Å². The van der Waals surface area contributed by atoms with E-state index in [1.165, 1.54) is 22.2 Å². The summed E-state index contributed by atoms with van der Waals surface area (Å²) in [7, 11) is 0. The summed E-state index contributed by atoms with van der Waals surface area (Å²) in [4.78, 5) is 34.0. The number of thioether (sulfide) groups is 1. The molecule has 0 saturated heterocycles. The van der Waals surface area contributed by atoms with Gasteiger partial charge < -0.3 is 5.32 Å². The van der Waals surface area contributed by atoms with Gasteiger partial charge in [-0.15, -0.1) is 11.8 Å². The molecule has 0 aliphatic heterocycles. The quantitative estimate of drug-likeness (QED) is 0.724. The monoisotopic (exact) mass is 360 g/mol. The fourth-order valence-corrected chi connectivity index (χ4v) is 3.78. The van der Waals surface area contributed by atoms with E-state index in [9.17, 15) is 9.59 Å². The van der Waals surface area contributed by atoms with Crippen molar-refractivity contribution in [1.29, 1.82) is 0 Å². The molecule has 0 spiro atoms. The van der Waals surface area contributed by atoms with Gasteiger partial charge >= 0.3 is 0 Å². The number of para-hydroxylation sites is 1. The fraction of sp³-hybridized carbons (Fsp3) is 0.250. The SMILES string of the molecule is CSc1cccc2sc(NC(=O)Cn3cnc(C)c(C)c3=O)nc12. The van der Waals surface area contributed by atoms with Crippen molar-refractivity contribution in [1.82, 2.24) is 14.5 Å². The number of benzene rings is 1. The molecule has 2 heterocycles. The molecule has 3 aromatic rings. The van der Waals surface area contributed by atoms with E-state index in [-0.39, 0.29) is 18.0 Å². The number of carbonyl (C=O) groups excluding carboxylic acids is 1. The highest BCUT2D eigenvalue weighted by molar-refractivity contribution is 7.98. The lowest BCUT2D eigenvalue weighted by atomic mass is 10.3. The number of fused-ring (bicyclic) bond motifs is 1. The first kappa shape index (κ1) is 16.7. The van der Waals surface area contributed by atoms with Crippen LogP contribution in [0.4, 0.5) is 5.13 Å². The molecular formula is C16H16N4O2S2. The van der Waals surface area contributed by atoms with Crippen LogP contribution in [0.1, 0.15) is 11.3 Å². The number of anilines is 1. The van der Waals surface area contributed by atoms with Crippen molar-refractivity contribution in [2.75, 3.05) is 11.6 Å². The van der Waals surface area contributed by atoms with Crippen molar-refractivity contribution in [3.05, 3.63) is 46.1 Å². The summed E-state index contributed by atoms with van der Waals surface area (Å²) >= 11 is 3.03. The second-order valence-electron chi connectivity index (χ2n) is 5.26. The summed E-state index contributed by atoms with van der Waals surface area (Å²) in [5.74, 6) is -0.299. The molecule has 2 aromatic heterocycles. The van der Waals surface area contributed by atoms with Crippen LogP contribution < -0.4 is 10.9 Å². The third kappa shape index (κ3) is 3.20. The van der Waals surface area contributed by atoms with E-state index < -0.39 is 0 Å². The number of carbonyl (C=O) groups is 1. The Bertz CT molecular complexity index is 978. The molecule has 1 aromatic carbocycles. The number of nitrogens with one attached hydrogen (secondary N) is 1. The van der Waals surface area contributed by atoms with Crippen molar-refractivity contribution < 1.29 is 4.79 Å². The van der Waals surface area contributed by atoms with Gasteiger partial charge in [0.05, 0.1) is 16.5 Å². The molecule has 3 rings (SSSR count). The highest BCUT2D eigenvalue weighted by Crippen LogP contribution is 2.32. The Morgan fingerprint density at radius 2 is 2.17 bits per heavy atom. The molecule has 0 fully saturated rings. The zero-order valence-corrected chi connectivity index (χ0v) is 15.1. The van der Waals surface area contributed by atoms with Crippen LogP contribution in [0, 0.1) is 13.8 Å². The van der Waals surface area contributed by atoms with Crippen LogP contribution in [0.15, 0.2) is 34.2 Å². The predicted octanol–water partition coefficient (Wildman–Crippen LogP) is 2.83. The minimum Gasteiger partial charge on any atom is -0.300 e. The summed E-state index contributed by atoms with van der Waals surface area (Å²) in [5.41, 5.74) is 1.91. The van der Waals surface area contributed by atoms with Crippen LogP contribution in [0.2, 0.25) is 0 Å². The molecule has 24 heavy (non-hydrogen) atoms. The lowest BCUT2D eigenvalue weighted by Crippen LogP contribution is -2.29. The maximum atomic E-state index is 12.2. The van der Waals surface area contributed by atoms with Crippen LogP contribution in [-0.2, 0) is 11.3 Å². The lowest BCUT2D eigenvalue weighted by Gasteiger charge is -2.07. The maximum absolute atomic E-state index is 12.2. The van der Waals surface area contributed by atoms with Crippen LogP contribution in [0.3, 0.4) is 0 Å². The maximum Gasteiger partial charge on any atom is 0.256 e. The topological polar surface area (TPSA) is 76.9 Å². The van der Waals surface area contributed by atoms with E-state index in [1.54, 1.807) is 25.6 Å². The Hall–Kier alpha value is -2.19. The van der Waals surface area contributed by atoms with Gasteiger partial charge in [-0.2, -0.15) is 0 Å². The Morgan fingerprint density at radius 3 is 2.92 bits per heavy atom. The van der Waals surface area contributed by atoms with Gasteiger partial charge in [0.25, 0.3) is 5.56 Å². The van der Waals surface area contributed by atoms with E-state index in [2.05, 4.69) is 15.3 Å². The molecule has 8 heteroatoms. The van der Waals surface area contributed by atoms with Crippen LogP contribution >= 0.6 is 23.1 Å². The van der Waals surface area contributed by atoms with Crippen molar-refractivity contribution in [2.45, 2.75) is 25.3 Å². The van der Waals surface area contributed by atoms with Gasteiger partial charge in [0.2, 0.25) is 5.91 Å². The summed E-state index contributed by atoms with van der Waals surface area (Å²) in [5, 5.41) is 3.29. The van der Waals surface area contributed by atoms with Crippen molar-refractivity contribution >= 4 is 44.4 Å². The number of thiazole rings is 1. The largest absolute Gasteiger partial charge is 0.300 e. The number of amides is 1. The van der Waals surface area contributed by atoms with Gasteiger partial charge in [-0.25, -0.2) is 9.97 Å². The zero-order chi connectivity index (χ0) is 17.3. The molecule has 0 aliphatic carbocycles. The summed E-state index contributed by atoms with van der Waals surface area (Å²) in [6, 6.07) is 5.94. The second-order valence-corrected chi connectivity index (χ2v) is 7.14. The van der Waals surface area contributed by atoms with Gasteiger partial charge in [-0.3, -0.25) is 14.2 Å². The third-order valence-corrected chi connectivity index (χ3v) is 5.38. The molecule has 0 atom stereocenters. The average Bonchev–Trinajstić information content (AvgIpc) is 2.97. The Kier molecular flexibility index (Phi) is 4.68. The first-order valence-electron chi connectivity index (χ1n) is 7.25. The predicted molar refractivity (Wildman–Crippen MR) is 98.0 cm³/mol. The average molecular weight is 360 g/mol. The van der Waals surface area contributed by atoms with E-state index >= 15 is 0 Å². The van der Waals surface area contributed by atoms with Gasteiger partial charge in [0.1, 0.15) is 6.54 Å². The molecule has 124 valence electrons. The van der Waals surface area contributed by atoms with E-state index in [0.29, 0.717) is 16.4 Å². The number of rotatable bonds is 4. The van der Waals surface area contributed by atoms with Crippen molar-refractivity contribution in [2.24, 2.45) is 0 Å². The molecular weight excluding hydrogens is 344 g/mol. The minimum absolute atomic E-state index is 0.0851. The molecule has 1 amide bonds. The highest BCUT2D eigenvalue weighted by atomic mass is 32.2. The van der Waals surface area contributed by atoms with E-state index in [4.69, 9.17) is 0 Å². The standard InChI is InChI=1S/C16H16N4O2S2/c1-9-10(2)17-8-20(15(9)22)7-13(21)18-16-19-14-11(23-3)5-4-6-12(14)24-16/h4-6,8H,7H2,1-3H3,(H,18,19,21). The fourth-order valence-electron chi connectivity index (χ4n) is 2.24. The van der Waals surface area contributed by atoms with Crippen molar-refractivity contribution in [3.8, 4) is 0 Å². The van der Waals surface area contributed by atoms with E-state index in [1.807, 2.05) is 24.5 Å². The second kappa shape index (κ2) is 6.74. The number of hydrogen-bond acceptors (Lipinski definition) is 6. The molecule has 0 unspecified atom stereocenters. The Labute approximate surface area is 147 Å². The number of aryl methyl sites for hydroxylation is 1. The lowest BCUT2D eigenvalue weighted by molar-refractivity contribution is -0.116. The zero-order valence-electron chi connectivity index (χ0n) is 13.5. The van der Waals surface area contributed by atoms with Crippen LogP contribution in [0.25, 0.3) is 10.2 Å². The Morgan fingerprint density at radius 1 is 1.38 bits per heavy atom. The van der Waals surface area contributed by atoms with Gasteiger partial charge in [0, 0.05) is 16.2 Å². The van der Waals surface area contributed by atoms with Gasteiger partial charge in [-0.05, 0) is 32.2 Å². The van der Waals surface area contributed by atoms with Crippen molar-refractivity contribution in [3.63, 3.8) is 0 Å². The summed E-state index contributed by atoms with van der Waals surface area (Å²) in [6.07, 6.45) is 3.39. The molecule has 0 radical (unpaired) electrons. The van der Waals surface area contributed by atoms with E-state index in [0.717, 1.165) is 15.1 Å². The van der Waals surface area contributed by atoms with Crippen LogP contribution in [-0.4, -0.2) is 26.7 Å². The normalized spacial score (nSPS) is 11.0. The van der Waals surface area contributed by atoms with Gasteiger partial charge in [-0.1, -0.05) is 17.4 Å². The molecule has 1 N–H and O–H groups in total. The number of aromatic nitrogens is 3. The Balaban J connectivity index is 1.81. The molecule has 0 bridgehead atoms. The number of nitrogens with zero attached hydrogens (tertiary/aromatic N) is 3. The first-order chi connectivity index (χ1) is 11.5. The summed E-state index contributed by atoms with van der Waals surface area (Å²) in [6.45, 7) is 3.39. The first-order valence-corrected chi connectivity index (χ1v) is 9.29. The molecule has 0 saturated carbocycles. The smallest absolute Gasteiger partial charge is 0.256 e. The third-order valence-electron chi connectivity index (χ3n) is 3.68. The molecule has 6 nitrogen and oxygen atoms in total. The molecule has 0 aliphatic rings. The highest BCUT2D eigenvalue weighted by Gasteiger charge is 2.12. The minimum atomic E-state index is -0.299. The summed E-state index contributed by atoms with van der Waals surface area (Å²) < 4.78 is 2.32. The van der Waals surface area contributed by atoms with Crippen LogP contribution in [0.5, 0.6) is 0 Å². The number of hydrogen-bond donors (Lipinski definition) is 1.